The first-order chi connectivity index (χ1) is 12.5. The number of rotatable bonds is 7. The average molecular weight is 397 g/mol. The van der Waals surface area contributed by atoms with Gasteiger partial charge in [-0.15, -0.1) is 0 Å². The van der Waals surface area contributed by atoms with Gasteiger partial charge in [-0.3, -0.25) is 14.8 Å². The maximum atomic E-state index is 12.2. The third-order valence-electron chi connectivity index (χ3n) is 3.19. The summed E-state index contributed by atoms with van der Waals surface area (Å²) in [6.07, 6.45) is 0. The van der Waals surface area contributed by atoms with E-state index in [1.807, 2.05) is 0 Å². The third kappa shape index (κ3) is 5.83. The first-order valence-electron chi connectivity index (χ1n) is 7.50. The molecule has 0 aliphatic carbocycles. The predicted octanol–water partition coefficient (Wildman–Crippen LogP) is 3.35. The molecule has 0 aliphatic rings. The lowest BCUT2D eigenvalue weighted by atomic mass is 10.2. The van der Waals surface area contributed by atoms with Gasteiger partial charge in [-0.1, -0.05) is 11.6 Å². The number of ether oxygens (including phenoxy) is 2. The second-order valence-electron chi connectivity index (χ2n) is 4.92. The van der Waals surface area contributed by atoms with Gasteiger partial charge in [-0.05, 0) is 54.2 Å². The van der Waals surface area contributed by atoms with Gasteiger partial charge in [-0.25, -0.2) is 5.48 Å². The Morgan fingerprint density at radius 3 is 2.58 bits per heavy atom. The summed E-state index contributed by atoms with van der Waals surface area (Å²) in [6, 6.07) is 11.5. The van der Waals surface area contributed by atoms with Crippen LogP contribution in [-0.2, 0) is 0 Å². The van der Waals surface area contributed by atoms with Crippen molar-refractivity contribution in [3.05, 3.63) is 53.1 Å². The zero-order valence-electron chi connectivity index (χ0n) is 13.8. The lowest BCUT2D eigenvalue weighted by Gasteiger charge is -2.10. The van der Waals surface area contributed by atoms with Gasteiger partial charge < -0.3 is 14.8 Å². The number of halogens is 1. The minimum absolute atomic E-state index is 0.269. The Labute approximate surface area is 159 Å². The lowest BCUT2D eigenvalue weighted by Crippen LogP contribution is -2.28. The number of benzene rings is 2. The Balaban J connectivity index is 1.80. The van der Waals surface area contributed by atoms with Crippen LogP contribution >= 0.6 is 23.4 Å². The Bertz CT molecular complexity index is 770. The molecule has 26 heavy (non-hydrogen) atoms. The van der Waals surface area contributed by atoms with Crippen LogP contribution in [-0.4, -0.2) is 36.6 Å². The van der Waals surface area contributed by atoms with Crippen molar-refractivity contribution in [3.63, 3.8) is 0 Å². The van der Waals surface area contributed by atoms with Crippen LogP contribution < -0.4 is 20.3 Å². The van der Waals surface area contributed by atoms with E-state index in [9.17, 15) is 9.59 Å². The fourth-order valence-corrected chi connectivity index (χ4v) is 2.71. The molecule has 0 aromatic heterocycles. The predicted molar refractivity (Wildman–Crippen MR) is 98.4 cm³/mol. The quantitative estimate of drug-likeness (QED) is 0.287. The van der Waals surface area contributed by atoms with E-state index in [4.69, 9.17) is 26.3 Å². The standard InChI is InChI=1S/C17H17ClN2O5S/c1-24-15-10-11(18)2-7-14(15)16(21)19-8-9-25-12-3-5-13(6-4-12)26-17(22)20-23/h2-7,10,23H,8-9H2,1H3,(H,19,21)(H,20,22). The SMILES string of the molecule is COc1cc(Cl)ccc1C(=O)NCCOc1ccc(SC(=O)NO)cc1. The fraction of sp³-hybridized carbons (Fsp3) is 0.176. The van der Waals surface area contributed by atoms with Crippen LogP contribution in [0.5, 0.6) is 11.5 Å². The molecular formula is C17H17ClN2O5S. The number of hydrogen-bond acceptors (Lipinski definition) is 6. The number of thioether (sulfide) groups is 1. The normalized spacial score (nSPS) is 10.1. The molecule has 0 spiro atoms. The van der Waals surface area contributed by atoms with E-state index < -0.39 is 5.24 Å². The topological polar surface area (TPSA) is 96.9 Å². The number of carbonyl (C=O) groups excluding carboxylic acids is 2. The Kier molecular flexibility index (Phi) is 7.58. The van der Waals surface area contributed by atoms with Gasteiger partial charge in [-0.2, -0.15) is 0 Å². The van der Waals surface area contributed by atoms with Crippen molar-refractivity contribution in [1.29, 1.82) is 0 Å². The largest absolute Gasteiger partial charge is 0.496 e. The molecule has 2 rings (SSSR count). The number of hydroxylamine groups is 1. The average Bonchev–Trinajstić information content (AvgIpc) is 2.66. The maximum absolute atomic E-state index is 12.2. The first-order valence-corrected chi connectivity index (χ1v) is 8.69. The zero-order valence-corrected chi connectivity index (χ0v) is 15.4. The number of nitrogens with one attached hydrogen (secondary N) is 2. The van der Waals surface area contributed by atoms with Crippen LogP contribution in [0.3, 0.4) is 0 Å². The summed E-state index contributed by atoms with van der Waals surface area (Å²) in [4.78, 5) is 23.9. The van der Waals surface area contributed by atoms with Crippen molar-refractivity contribution < 1.29 is 24.3 Å². The molecule has 0 unspecified atom stereocenters. The number of carbonyl (C=O) groups is 2. The second kappa shape index (κ2) is 9.91. The highest BCUT2D eigenvalue weighted by Gasteiger charge is 2.12. The van der Waals surface area contributed by atoms with E-state index >= 15 is 0 Å². The summed E-state index contributed by atoms with van der Waals surface area (Å²) in [5.41, 5.74) is 1.93. The third-order valence-corrected chi connectivity index (χ3v) is 4.21. The molecular weight excluding hydrogens is 380 g/mol. The van der Waals surface area contributed by atoms with Crippen LogP contribution in [0.2, 0.25) is 5.02 Å². The van der Waals surface area contributed by atoms with Crippen LogP contribution in [0, 0.1) is 0 Å². The minimum atomic E-state index is -0.570. The summed E-state index contributed by atoms with van der Waals surface area (Å²) < 4.78 is 10.7. The Morgan fingerprint density at radius 2 is 1.92 bits per heavy atom. The highest BCUT2D eigenvalue weighted by Crippen LogP contribution is 2.23. The van der Waals surface area contributed by atoms with E-state index in [0.29, 0.717) is 33.5 Å². The highest BCUT2D eigenvalue weighted by molar-refractivity contribution is 8.13. The van der Waals surface area contributed by atoms with Crippen molar-refractivity contribution >= 4 is 34.5 Å². The van der Waals surface area contributed by atoms with Crippen molar-refractivity contribution in [2.45, 2.75) is 4.90 Å². The summed E-state index contributed by atoms with van der Waals surface area (Å²) in [5, 5.41) is 11.1. The monoisotopic (exact) mass is 396 g/mol. The minimum Gasteiger partial charge on any atom is -0.496 e. The molecule has 0 saturated carbocycles. The molecule has 138 valence electrons. The van der Waals surface area contributed by atoms with Crippen LogP contribution in [0.15, 0.2) is 47.4 Å². The van der Waals surface area contributed by atoms with Gasteiger partial charge in [0.25, 0.3) is 5.91 Å². The summed E-state index contributed by atoms with van der Waals surface area (Å²) >= 11 is 6.73. The molecule has 2 aromatic rings. The maximum Gasteiger partial charge on any atom is 0.307 e. The molecule has 0 bridgehead atoms. The zero-order chi connectivity index (χ0) is 18.9. The summed E-state index contributed by atoms with van der Waals surface area (Å²) in [5.74, 6) is 0.705. The van der Waals surface area contributed by atoms with Gasteiger partial charge in [0, 0.05) is 9.92 Å². The van der Waals surface area contributed by atoms with Gasteiger partial charge in [0.2, 0.25) is 0 Å². The van der Waals surface area contributed by atoms with Gasteiger partial charge >= 0.3 is 5.24 Å². The summed E-state index contributed by atoms with van der Waals surface area (Å²) in [7, 11) is 1.47. The molecule has 7 nitrogen and oxygen atoms in total. The van der Waals surface area contributed by atoms with E-state index in [1.54, 1.807) is 47.9 Å². The molecule has 0 fully saturated rings. The first kappa shape index (κ1) is 19.9. The molecule has 0 radical (unpaired) electrons. The molecule has 0 heterocycles. The fourth-order valence-electron chi connectivity index (χ4n) is 2.02. The Morgan fingerprint density at radius 1 is 1.19 bits per heavy atom. The smallest absolute Gasteiger partial charge is 0.307 e. The van der Waals surface area contributed by atoms with Gasteiger partial charge in [0.1, 0.15) is 18.1 Å². The molecule has 3 N–H and O–H groups in total. The van der Waals surface area contributed by atoms with Crippen molar-refractivity contribution in [3.8, 4) is 11.5 Å². The van der Waals surface area contributed by atoms with Crippen molar-refractivity contribution in [1.82, 2.24) is 10.8 Å². The van der Waals surface area contributed by atoms with E-state index in [-0.39, 0.29) is 12.5 Å². The Hall–Kier alpha value is -2.42. The van der Waals surface area contributed by atoms with E-state index in [1.165, 1.54) is 7.11 Å². The van der Waals surface area contributed by atoms with Crippen molar-refractivity contribution in [2.24, 2.45) is 0 Å². The molecule has 0 aliphatic heterocycles. The lowest BCUT2D eigenvalue weighted by molar-refractivity contribution is 0.0944. The number of hydrogen-bond donors (Lipinski definition) is 3. The molecule has 2 aromatic carbocycles. The molecule has 0 saturated heterocycles. The van der Waals surface area contributed by atoms with Crippen molar-refractivity contribution in [2.75, 3.05) is 20.3 Å². The molecule has 9 heteroatoms. The van der Waals surface area contributed by atoms with Crippen LogP contribution in [0.4, 0.5) is 4.79 Å². The highest BCUT2D eigenvalue weighted by atomic mass is 35.5. The number of amides is 2. The van der Waals surface area contributed by atoms with E-state index in [0.717, 1.165) is 11.8 Å². The van der Waals surface area contributed by atoms with Gasteiger partial charge in [0.15, 0.2) is 0 Å². The second-order valence-corrected chi connectivity index (χ2v) is 6.40. The van der Waals surface area contributed by atoms with Crippen LogP contribution in [0.1, 0.15) is 10.4 Å². The summed E-state index contributed by atoms with van der Waals surface area (Å²) in [6.45, 7) is 0.569. The van der Waals surface area contributed by atoms with Crippen LogP contribution in [0.25, 0.3) is 0 Å². The molecule has 0 atom stereocenters. The number of methoxy groups -OCH3 is 1. The molecule has 2 amide bonds. The van der Waals surface area contributed by atoms with E-state index in [2.05, 4.69) is 5.32 Å². The van der Waals surface area contributed by atoms with Gasteiger partial charge in [0.05, 0.1) is 19.2 Å².